The second-order valence-electron chi connectivity index (χ2n) is 4.41. The van der Waals surface area contributed by atoms with Crippen molar-refractivity contribution in [3.8, 4) is 0 Å². The molecular weight excluding hydrogens is 182 g/mol. The highest BCUT2D eigenvalue weighted by Gasteiger charge is 2.43. The van der Waals surface area contributed by atoms with Gasteiger partial charge in [-0.05, 0) is 13.8 Å². The quantitative estimate of drug-likeness (QED) is 0.642. The van der Waals surface area contributed by atoms with Crippen LogP contribution in [0.15, 0.2) is 0 Å². The van der Waals surface area contributed by atoms with Gasteiger partial charge >= 0.3 is 6.09 Å². The SMILES string of the molecule is C[C@@H]1CC2(CCNC(=O)O2)C[C@H](C)O1. The minimum atomic E-state index is -0.280. The Morgan fingerprint density at radius 3 is 2.57 bits per heavy atom. The number of hydrogen-bond acceptors (Lipinski definition) is 3. The summed E-state index contributed by atoms with van der Waals surface area (Å²) in [6, 6.07) is 0. The van der Waals surface area contributed by atoms with E-state index in [9.17, 15) is 4.79 Å². The molecule has 0 aliphatic carbocycles. The fourth-order valence-corrected chi connectivity index (χ4v) is 2.59. The van der Waals surface area contributed by atoms with Crippen LogP contribution in [0.3, 0.4) is 0 Å². The normalized spacial score (nSPS) is 43.1. The van der Waals surface area contributed by atoms with Gasteiger partial charge in [0.25, 0.3) is 0 Å². The predicted molar refractivity (Wildman–Crippen MR) is 51.1 cm³/mol. The van der Waals surface area contributed by atoms with Crippen LogP contribution >= 0.6 is 0 Å². The maximum Gasteiger partial charge on any atom is 0.407 e. The van der Waals surface area contributed by atoms with Crippen LogP contribution in [0.1, 0.15) is 33.1 Å². The number of carbonyl (C=O) groups excluding carboxylic acids is 1. The highest BCUT2D eigenvalue weighted by molar-refractivity contribution is 5.68. The van der Waals surface area contributed by atoms with Crippen molar-refractivity contribution in [3.05, 3.63) is 0 Å². The molecule has 14 heavy (non-hydrogen) atoms. The van der Waals surface area contributed by atoms with Crippen LogP contribution < -0.4 is 5.32 Å². The zero-order chi connectivity index (χ0) is 10.2. The van der Waals surface area contributed by atoms with Crippen molar-refractivity contribution in [2.45, 2.75) is 50.9 Å². The summed E-state index contributed by atoms with van der Waals surface area (Å²) in [4.78, 5) is 11.2. The van der Waals surface area contributed by atoms with Crippen LogP contribution in [0, 0.1) is 0 Å². The first-order valence-corrected chi connectivity index (χ1v) is 5.22. The average molecular weight is 199 g/mol. The summed E-state index contributed by atoms with van der Waals surface area (Å²) in [5.74, 6) is 0. The summed E-state index contributed by atoms with van der Waals surface area (Å²) in [5, 5.41) is 2.68. The molecule has 2 heterocycles. The average Bonchev–Trinajstić information content (AvgIpc) is 1.99. The van der Waals surface area contributed by atoms with Gasteiger partial charge in [-0.1, -0.05) is 0 Å². The van der Waals surface area contributed by atoms with E-state index in [4.69, 9.17) is 9.47 Å². The van der Waals surface area contributed by atoms with Gasteiger partial charge in [0.2, 0.25) is 0 Å². The molecule has 1 unspecified atom stereocenters. The number of hydrogen-bond donors (Lipinski definition) is 1. The first kappa shape index (κ1) is 9.77. The van der Waals surface area contributed by atoms with Crippen molar-refractivity contribution in [1.29, 1.82) is 0 Å². The second-order valence-corrected chi connectivity index (χ2v) is 4.41. The zero-order valence-corrected chi connectivity index (χ0v) is 8.71. The topological polar surface area (TPSA) is 47.6 Å². The van der Waals surface area contributed by atoms with Gasteiger partial charge in [-0.15, -0.1) is 0 Å². The van der Waals surface area contributed by atoms with Gasteiger partial charge in [0.15, 0.2) is 0 Å². The van der Waals surface area contributed by atoms with E-state index in [-0.39, 0.29) is 23.9 Å². The maximum atomic E-state index is 11.2. The van der Waals surface area contributed by atoms with Gasteiger partial charge < -0.3 is 14.8 Å². The number of nitrogens with one attached hydrogen (secondary N) is 1. The molecular formula is C10H17NO3. The van der Waals surface area contributed by atoms with E-state index in [1.165, 1.54) is 0 Å². The number of ether oxygens (including phenoxy) is 2. The third kappa shape index (κ3) is 1.85. The number of amides is 1. The van der Waals surface area contributed by atoms with Crippen LogP contribution in [0.25, 0.3) is 0 Å². The predicted octanol–water partition coefficient (Wildman–Crippen LogP) is 1.44. The van der Waals surface area contributed by atoms with Gasteiger partial charge in [0, 0.05) is 25.8 Å². The molecule has 1 N–H and O–H groups in total. The lowest BCUT2D eigenvalue weighted by atomic mass is 9.84. The van der Waals surface area contributed by atoms with Crippen LogP contribution in [-0.4, -0.2) is 30.4 Å². The number of carbonyl (C=O) groups is 1. The summed E-state index contributed by atoms with van der Waals surface area (Å²) in [6.07, 6.45) is 2.64. The Bertz CT molecular complexity index is 232. The Morgan fingerprint density at radius 2 is 2.00 bits per heavy atom. The lowest BCUT2D eigenvalue weighted by Crippen LogP contribution is -2.53. The van der Waals surface area contributed by atoms with Gasteiger partial charge in [-0.25, -0.2) is 4.79 Å². The second kappa shape index (κ2) is 3.42. The molecule has 80 valence electrons. The Labute approximate surface area is 84.0 Å². The standard InChI is InChI=1S/C10H17NO3/c1-7-5-10(6-8(2)13-7)3-4-11-9(12)14-10/h7-8H,3-6H2,1-2H3,(H,11,12)/t7-,8+,10?. The third-order valence-electron chi connectivity index (χ3n) is 2.94. The van der Waals surface area contributed by atoms with Crippen LogP contribution in [0.4, 0.5) is 4.79 Å². The first-order valence-electron chi connectivity index (χ1n) is 5.22. The Hall–Kier alpha value is -0.770. The highest BCUT2D eigenvalue weighted by atomic mass is 16.6. The monoisotopic (exact) mass is 199 g/mol. The molecule has 1 spiro atoms. The molecule has 2 aliphatic rings. The molecule has 0 aromatic carbocycles. The molecule has 2 aliphatic heterocycles. The molecule has 0 aromatic heterocycles. The van der Waals surface area contributed by atoms with E-state index in [0.717, 1.165) is 25.8 Å². The molecule has 0 aromatic rings. The summed E-state index contributed by atoms with van der Waals surface area (Å²) >= 11 is 0. The lowest BCUT2D eigenvalue weighted by molar-refractivity contribution is -0.142. The molecule has 4 nitrogen and oxygen atoms in total. The molecule has 2 fully saturated rings. The fourth-order valence-electron chi connectivity index (χ4n) is 2.59. The lowest BCUT2D eigenvalue weighted by Gasteiger charge is -2.44. The van der Waals surface area contributed by atoms with E-state index in [2.05, 4.69) is 5.32 Å². The van der Waals surface area contributed by atoms with E-state index in [0.29, 0.717) is 0 Å². The summed E-state index contributed by atoms with van der Waals surface area (Å²) in [6.45, 7) is 4.79. The Balaban J connectivity index is 2.09. The van der Waals surface area contributed by atoms with Crippen molar-refractivity contribution in [3.63, 3.8) is 0 Å². The van der Waals surface area contributed by atoms with E-state index in [1.54, 1.807) is 0 Å². The van der Waals surface area contributed by atoms with E-state index >= 15 is 0 Å². The van der Waals surface area contributed by atoms with Crippen LogP contribution in [0.2, 0.25) is 0 Å². The zero-order valence-electron chi connectivity index (χ0n) is 8.71. The smallest absolute Gasteiger partial charge is 0.407 e. The van der Waals surface area contributed by atoms with Gasteiger partial charge in [-0.3, -0.25) is 0 Å². The summed E-state index contributed by atoms with van der Waals surface area (Å²) < 4.78 is 11.1. The third-order valence-corrected chi connectivity index (χ3v) is 2.94. The number of rotatable bonds is 0. The molecule has 4 heteroatoms. The van der Waals surface area contributed by atoms with Crippen LogP contribution in [0.5, 0.6) is 0 Å². The largest absolute Gasteiger partial charge is 0.443 e. The van der Waals surface area contributed by atoms with Crippen molar-refractivity contribution in [1.82, 2.24) is 5.32 Å². The minimum Gasteiger partial charge on any atom is -0.443 e. The van der Waals surface area contributed by atoms with Gasteiger partial charge in [0.1, 0.15) is 5.60 Å². The van der Waals surface area contributed by atoms with E-state index in [1.807, 2.05) is 13.8 Å². The molecule has 1 amide bonds. The number of alkyl carbamates (subject to hydrolysis) is 1. The van der Waals surface area contributed by atoms with Crippen molar-refractivity contribution < 1.29 is 14.3 Å². The van der Waals surface area contributed by atoms with Crippen molar-refractivity contribution >= 4 is 6.09 Å². The van der Waals surface area contributed by atoms with Gasteiger partial charge in [-0.2, -0.15) is 0 Å². The molecule has 0 bridgehead atoms. The highest BCUT2D eigenvalue weighted by Crippen LogP contribution is 2.36. The summed E-state index contributed by atoms with van der Waals surface area (Å²) in [7, 11) is 0. The Kier molecular flexibility index (Phi) is 2.39. The Morgan fingerprint density at radius 1 is 1.36 bits per heavy atom. The fraction of sp³-hybridized carbons (Fsp3) is 0.900. The molecule has 2 saturated heterocycles. The molecule has 2 rings (SSSR count). The van der Waals surface area contributed by atoms with Crippen LogP contribution in [-0.2, 0) is 9.47 Å². The molecule has 0 radical (unpaired) electrons. The van der Waals surface area contributed by atoms with Gasteiger partial charge in [0.05, 0.1) is 12.2 Å². The summed E-state index contributed by atoms with van der Waals surface area (Å²) in [5.41, 5.74) is -0.264. The van der Waals surface area contributed by atoms with E-state index < -0.39 is 0 Å². The van der Waals surface area contributed by atoms with Crippen molar-refractivity contribution in [2.24, 2.45) is 0 Å². The maximum absolute atomic E-state index is 11.2. The molecule has 3 atom stereocenters. The minimum absolute atomic E-state index is 0.185. The molecule has 0 saturated carbocycles. The van der Waals surface area contributed by atoms with Crippen molar-refractivity contribution in [2.75, 3.05) is 6.54 Å². The first-order chi connectivity index (χ1) is 6.60.